The number of Topliss-reactive ketones (excluding diaryl/α,β-unsaturated/α-hetero) is 1. The van der Waals surface area contributed by atoms with Crippen molar-refractivity contribution in [3.05, 3.63) is 29.8 Å². The van der Waals surface area contributed by atoms with Gasteiger partial charge in [-0.2, -0.15) is 0 Å². The minimum absolute atomic E-state index is 0.0131. The van der Waals surface area contributed by atoms with Crippen LogP contribution in [0.5, 0.6) is 0 Å². The van der Waals surface area contributed by atoms with Crippen molar-refractivity contribution < 1.29 is 9.59 Å². The molecule has 0 aliphatic carbocycles. The smallest absolute Gasteiger partial charge is 0.255 e. The van der Waals surface area contributed by atoms with Crippen LogP contribution in [0.2, 0.25) is 0 Å². The second kappa shape index (κ2) is 6.24. The molecule has 1 fully saturated rings. The van der Waals surface area contributed by atoms with Gasteiger partial charge in [0.25, 0.3) is 5.91 Å². The molecule has 4 heteroatoms. The van der Waals surface area contributed by atoms with Crippen molar-refractivity contribution in [3.8, 4) is 0 Å². The van der Waals surface area contributed by atoms with Crippen LogP contribution in [0.1, 0.15) is 30.1 Å². The lowest BCUT2D eigenvalue weighted by Crippen LogP contribution is -2.44. The molecule has 1 heterocycles. The van der Waals surface area contributed by atoms with E-state index in [4.69, 9.17) is 0 Å². The fraction of sp³-hybridized carbons (Fsp3) is 0.467. The van der Waals surface area contributed by atoms with Gasteiger partial charge in [-0.3, -0.25) is 9.59 Å². The van der Waals surface area contributed by atoms with Crippen molar-refractivity contribution >= 4 is 23.5 Å². The summed E-state index contributed by atoms with van der Waals surface area (Å²) in [6, 6.07) is 7.66. The standard InChI is InChI=1S/C15H19NO2S/c1-3-11-10-16(9-8-13(11)17)15(18)12-6-4-5-7-14(12)19-2/h4-7,11H,3,8-10H2,1-2H3. The van der Waals surface area contributed by atoms with Crippen LogP contribution in [-0.2, 0) is 4.79 Å². The van der Waals surface area contributed by atoms with Crippen molar-refractivity contribution in [1.29, 1.82) is 0 Å². The average molecular weight is 277 g/mol. The summed E-state index contributed by atoms with van der Waals surface area (Å²) in [7, 11) is 0. The van der Waals surface area contributed by atoms with Crippen molar-refractivity contribution in [2.45, 2.75) is 24.7 Å². The van der Waals surface area contributed by atoms with E-state index in [0.29, 0.717) is 25.3 Å². The SMILES string of the molecule is CCC1CN(C(=O)c2ccccc2SC)CCC1=O. The first-order valence-corrected chi connectivity index (χ1v) is 7.84. The Balaban J connectivity index is 2.18. The highest BCUT2D eigenvalue weighted by atomic mass is 32.2. The minimum Gasteiger partial charge on any atom is -0.337 e. The number of rotatable bonds is 3. The highest BCUT2D eigenvalue weighted by Crippen LogP contribution is 2.24. The van der Waals surface area contributed by atoms with Gasteiger partial charge in [-0.1, -0.05) is 19.1 Å². The second-order valence-electron chi connectivity index (χ2n) is 4.77. The number of piperidine rings is 1. The van der Waals surface area contributed by atoms with E-state index >= 15 is 0 Å². The lowest BCUT2D eigenvalue weighted by atomic mass is 9.93. The minimum atomic E-state index is 0.0131. The molecule has 0 saturated carbocycles. The third-order valence-corrected chi connectivity index (χ3v) is 4.44. The Bertz CT molecular complexity index is 487. The summed E-state index contributed by atoms with van der Waals surface area (Å²) in [5.41, 5.74) is 0.749. The van der Waals surface area contributed by atoms with Crippen LogP contribution in [0, 0.1) is 5.92 Å². The third-order valence-electron chi connectivity index (χ3n) is 3.64. The summed E-state index contributed by atoms with van der Waals surface area (Å²) in [6.07, 6.45) is 3.28. The molecule has 0 aromatic heterocycles. The first kappa shape index (κ1) is 14.1. The molecule has 2 rings (SSSR count). The summed E-state index contributed by atoms with van der Waals surface area (Å²) >= 11 is 1.58. The van der Waals surface area contributed by atoms with Gasteiger partial charge in [0.2, 0.25) is 0 Å². The molecule has 1 saturated heterocycles. The van der Waals surface area contributed by atoms with Gasteiger partial charge < -0.3 is 4.90 Å². The number of ketones is 1. The molecule has 0 radical (unpaired) electrons. The molecule has 0 bridgehead atoms. The van der Waals surface area contributed by atoms with Crippen LogP contribution < -0.4 is 0 Å². The van der Waals surface area contributed by atoms with Gasteiger partial charge in [0.05, 0.1) is 5.56 Å². The van der Waals surface area contributed by atoms with E-state index in [0.717, 1.165) is 16.9 Å². The largest absolute Gasteiger partial charge is 0.337 e. The quantitative estimate of drug-likeness (QED) is 0.797. The Morgan fingerprint density at radius 2 is 2.16 bits per heavy atom. The summed E-state index contributed by atoms with van der Waals surface area (Å²) in [5.74, 6) is 0.361. The number of hydrogen-bond donors (Lipinski definition) is 0. The Morgan fingerprint density at radius 1 is 1.42 bits per heavy atom. The Kier molecular flexibility index (Phi) is 4.64. The first-order valence-electron chi connectivity index (χ1n) is 6.62. The van der Waals surface area contributed by atoms with Crippen molar-refractivity contribution in [3.63, 3.8) is 0 Å². The molecule has 3 nitrogen and oxygen atoms in total. The highest BCUT2D eigenvalue weighted by molar-refractivity contribution is 7.98. The van der Waals surface area contributed by atoms with Gasteiger partial charge in [-0.15, -0.1) is 11.8 Å². The molecule has 1 aliphatic rings. The van der Waals surface area contributed by atoms with Gasteiger partial charge in [0.15, 0.2) is 0 Å². The number of carbonyl (C=O) groups is 2. The zero-order valence-electron chi connectivity index (χ0n) is 11.4. The first-order chi connectivity index (χ1) is 9.17. The molecule has 0 N–H and O–H groups in total. The van der Waals surface area contributed by atoms with Crippen LogP contribution in [0.25, 0.3) is 0 Å². The molecular weight excluding hydrogens is 258 g/mol. The van der Waals surface area contributed by atoms with E-state index in [9.17, 15) is 9.59 Å². The number of likely N-dealkylation sites (tertiary alicyclic amines) is 1. The van der Waals surface area contributed by atoms with Crippen LogP contribution in [-0.4, -0.2) is 35.9 Å². The lowest BCUT2D eigenvalue weighted by molar-refractivity contribution is -0.125. The number of nitrogens with zero attached hydrogens (tertiary/aromatic N) is 1. The maximum atomic E-state index is 12.5. The highest BCUT2D eigenvalue weighted by Gasteiger charge is 2.29. The number of carbonyl (C=O) groups excluding carboxylic acids is 2. The molecule has 102 valence electrons. The summed E-state index contributed by atoms with van der Waals surface area (Å²) in [6.45, 7) is 3.13. The monoisotopic (exact) mass is 277 g/mol. The Labute approximate surface area is 118 Å². The van der Waals surface area contributed by atoms with Crippen LogP contribution >= 0.6 is 11.8 Å². The van der Waals surface area contributed by atoms with Crippen molar-refractivity contribution in [2.75, 3.05) is 19.3 Å². The summed E-state index contributed by atoms with van der Waals surface area (Å²) in [5, 5.41) is 0. The van der Waals surface area contributed by atoms with E-state index in [1.807, 2.05) is 42.3 Å². The zero-order valence-corrected chi connectivity index (χ0v) is 12.2. The van der Waals surface area contributed by atoms with Gasteiger partial charge in [0.1, 0.15) is 5.78 Å². The van der Waals surface area contributed by atoms with Crippen LogP contribution in [0.3, 0.4) is 0 Å². The topological polar surface area (TPSA) is 37.4 Å². The van der Waals surface area contributed by atoms with E-state index in [2.05, 4.69) is 0 Å². The van der Waals surface area contributed by atoms with Gasteiger partial charge in [0, 0.05) is 30.3 Å². The van der Waals surface area contributed by atoms with Crippen molar-refractivity contribution in [1.82, 2.24) is 4.90 Å². The maximum Gasteiger partial charge on any atom is 0.255 e. The molecule has 1 aromatic carbocycles. The Hall–Kier alpha value is -1.29. The molecule has 0 spiro atoms. The summed E-state index contributed by atoms with van der Waals surface area (Å²) in [4.78, 5) is 27.1. The maximum absolute atomic E-state index is 12.5. The molecule has 1 unspecified atom stereocenters. The van der Waals surface area contributed by atoms with Crippen LogP contribution in [0.4, 0.5) is 0 Å². The lowest BCUT2D eigenvalue weighted by Gasteiger charge is -2.31. The van der Waals surface area contributed by atoms with E-state index in [1.165, 1.54) is 0 Å². The van der Waals surface area contributed by atoms with Gasteiger partial charge in [-0.05, 0) is 24.8 Å². The fourth-order valence-corrected chi connectivity index (χ4v) is 3.03. The molecule has 1 atom stereocenters. The number of thioether (sulfide) groups is 1. The number of amides is 1. The predicted octanol–water partition coefficient (Wildman–Crippen LogP) is 2.85. The average Bonchev–Trinajstić information content (AvgIpc) is 2.47. The van der Waals surface area contributed by atoms with Gasteiger partial charge >= 0.3 is 0 Å². The number of benzene rings is 1. The molecular formula is C15H19NO2S. The molecule has 1 amide bonds. The number of hydrogen-bond acceptors (Lipinski definition) is 3. The molecule has 19 heavy (non-hydrogen) atoms. The zero-order chi connectivity index (χ0) is 13.8. The second-order valence-corrected chi connectivity index (χ2v) is 5.62. The van der Waals surface area contributed by atoms with E-state index < -0.39 is 0 Å². The van der Waals surface area contributed by atoms with E-state index in [-0.39, 0.29) is 11.8 Å². The van der Waals surface area contributed by atoms with Crippen LogP contribution in [0.15, 0.2) is 29.2 Å². The van der Waals surface area contributed by atoms with Crippen molar-refractivity contribution in [2.24, 2.45) is 5.92 Å². The molecule has 1 aromatic rings. The fourth-order valence-electron chi connectivity index (χ4n) is 2.44. The predicted molar refractivity (Wildman–Crippen MR) is 77.5 cm³/mol. The van der Waals surface area contributed by atoms with Gasteiger partial charge in [-0.25, -0.2) is 0 Å². The Morgan fingerprint density at radius 3 is 2.84 bits per heavy atom. The summed E-state index contributed by atoms with van der Waals surface area (Å²) < 4.78 is 0. The normalized spacial score (nSPS) is 19.6. The van der Waals surface area contributed by atoms with E-state index in [1.54, 1.807) is 11.8 Å². The third kappa shape index (κ3) is 3.00. The molecule has 1 aliphatic heterocycles.